The van der Waals surface area contributed by atoms with Gasteiger partial charge in [0.05, 0.1) is 24.3 Å². The van der Waals surface area contributed by atoms with E-state index in [-0.39, 0.29) is 11.5 Å². The lowest BCUT2D eigenvalue weighted by Crippen LogP contribution is -2.21. The summed E-state index contributed by atoms with van der Waals surface area (Å²) in [6.07, 6.45) is 1.17. The van der Waals surface area contributed by atoms with E-state index in [1.165, 1.54) is 13.4 Å². The fraction of sp³-hybridized carbons (Fsp3) is 0.154. The number of fused-ring (bicyclic) bond motifs is 1. The summed E-state index contributed by atoms with van der Waals surface area (Å²) in [5.41, 5.74) is 0.768. The molecule has 7 nitrogen and oxygen atoms in total. The monoisotopic (exact) mass is 348 g/mol. The van der Waals surface area contributed by atoms with Crippen LogP contribution in [0.3, 0.4) is 0 Å². The van der Waals surface area contributed by atoms with E-state index >= 15 is 0 Å². The third-order valence-corrected chi connectivity index (χ3v) is 3.53. The van der Waals surface area contributed by atoms with E-state index in [2.05, 4.69) is 35.9 Å². The highest BCUT2D eigenvalue weighted by Gasteiger charge is 2.28. The fourth-order valence-corrected chi connectivity index (χ4v) is 2.43. The van der Waals surface area contributed by atoms with E-state index in [0.717, 1.165) is 4.47 Å². The molecule has 0 spiro atoms. The number of amides is 1. The van der Waals surface area contributed by atoms with E-state index < -0.39 is 5.91 Å². The number of hydrogen-bond acceptors (Lipinski definition) is 6. The molecule has 0 fully saturated rings. The zero-order chi connectivity index (χ0) is 15.0. The van der Waals surface area contributed by atoms with Gasteiger partial charge in [-0.15, -0.1) is 0 Å². The Morgan fingerprint density at radius 2 is 1.81 bits per heavy atom. The van der Waals surface area contributed by atoms with E-state index in [1.807, 2.05) is 0 Å². The van der Waals surface area contributed by atoms with Crippen LogP contribution < -0.4 is 9.47 Å². The van der Waals surface area contributed by atoms with Crippen molar-refractivity contribution in [3.63, 3.8) is 0 Å². The summed E-state index contributed by atoms with van der Waals surface area (Å²) in [6.45, 7) is 0. The van der Waals surface area contributed by atoms with Gasteiger partial charge in [0.25, 0.3) is 0 Å². The summed E-state index contributed by atoms with van der Waals surface area (Å²) in [6, 6.07) is 3.48. The van der Waals surface area contributed by atoms with Crippen molar-refractivity contribution in [2.75, 3.05) is 14.2 Å². The highest BCUT2D eigenvalue weighted by atomic mass is 79.9. The number of carbonyl (C=O) groups excluding carboxylic acids is 1. The first-order valence-electron chi connectivity index (χ1n) is 5.88. The molecule has 1 amide bonds. The highest BCUT2D eigenvalue weighted by molar-refractivity contribution is 9.10. The summed E-state index contributed by atoms with van der Waals surface area (Å²) >= 11 is 3.40. The van der Waals surface area contributed by atoms with Gasteiger partial charge < -0.3 is 9.47 Å². The zero-order valence-corrected chi connectivity index (χ0v) is 12.7. The van der Waals surface area contributed by atoms with Crippen molar-refractivity contribution in [2.24, 2.45) is 20.0 Å². The second kappa shape index (κ2) is 5.21. The van der Waals surface area contributed by atoms with Gasteiger partial charge in [0.1, 0.15) is 17.8 Å². The van der Waals surface area contributed by atoms with E-state index in [4.69, 9.17) is 9.47 Å². The predicted octanol–water partition coefficient (Wildman–Crippen LogP) is 1.63. The Bertz CT molecular complexity index is 765. The number of halogens is 1. The van der Waals surface area contributed by atoms with Gasteiger partial charge in [0, 0.05) is 6.07 Å². The molecule has 0 aliphatic carbocycles. The van der Waals surface area contributed by atoms with E-state index in [9.17, 15) is 4.79 Å². The maximum absolute atomic E-state index is 11.6. The van der Waals surface area contributed by atoms with Crippen LogP contribution in [0.1, 0.15) is 5.56 Å². The first-order valence-corrected chi connectivity index (χ1v) is 6.67. The molecule has 2 aliphatic heterocycles. The number of aliphatic imine (C=N–C) groups is 4. The van der Waals surface area contributed by atoms with E-state index in [1.54, 1.807) is 19.2 Å². The molecule has 0 unspecified atom stereocenters. The molecular weight excluding hydrogens is 340 g/mol. The molecule has 8 heteroatoms. The third kappa shape index (κ3) is 2.27. The molecular formula is C13H9BrN4O3. The molecule has 0 N–H and O–H groups in total. The van der Waals surface area contributed by atoms with Crippen molar-refractivity contribution in [1.29, 1.82) is 0 Å². The normalized spacial score (nSPS) is 16.1. The molecule has 0 saturated carbocycles. The zero-order valence-electron chi connectivity index (χ0n) is 11.1. The Balaban J connectivity index is 2.11. The summed E-state index contributed by atoms with van der Waals surface area (Å²) in [5.74, 6) is 1.31. The lowest BCUT2D eigenvalue weighted by molar-refractivity contribution is -0.111. The van der Waals surface area contributed by atoms with E-state index in [0.29, 0.717) is 22.9 Å². The number of amidine groups is 2. The lowest BCUT2D eigenvalue weighted by Gasteiger charge is -2.10. The molecule has 0 aromatic heterocycles. The minimum Gasteiger partial charge on any atom is -0.496 e. The van der Waals surface area contributed by atoms with Crippen molar-refractivity contribution >= 4 is 45.6 Å². The molecule has 0 atom stereocenters. The number of benzene rings is 1. The number of hydrogen-bond donors (Lipinski definition) is 0. The summed E-state index contributed by atoms with van der Waals surface area (Å²) < 4.78 is 11.3. The van der Waals surface area contributed by atoms with Gasteiger partial charge in [-0.05, 0) is 22.0 Å². The van der Waals surface area contributed by atoms with Gasteiger partial charge in [-0.25, -0.2) is 15.0 Å². The first kappa shape index (κ1) is 13.6. The Kier molecular flexibility index (Phi) is 3.38. The van der Waals surface area contributed by atoms with Gasteiger partial charge in [-0.3, -0.25) is 4.79 Å². The summed E-state index contributed by atoms with van der Waals surface area (Å²) in [4.78, 5) is 27.6. The van der Waals surface area contributed by atoms with Gasteiger partial charge >= 0.3 is 5.91 Å². The van der Waals surface area contributed by atoms with Crippen LogP contribution in [0.25, 0.3) is 0 Å². The van der Waals surface area contributed by atoms with Crippen molar-refractivity contribution in [1.82, 2.24) is 0 Å². The molecule has 2 heterocycles. The number of rotatable bonds is 3. The highest BCUT2D eigenvalue weighted by Crippen LogP contribution is 2.34. The number of nitrogens with zero attached hydrogens (tertiary/aromatic N) is 4. The maximum Gasteiger partial charge on any atom is 0.301 e. The number of ether oxygens (including phenoxy) is 2. The molecule has 0 saturated heterocycles. The lowest BCUT2D eigenvalue weighted by atomic mass is 10.1. The smallest absolute Gasteiger partial charge is 0.301 e. The Labute approximate surface area is 128 Å². The first-order chi connectivity index (χ1) is 10.1. The van der Waals surface area contributed by atoms with Crippen LogP contribution in [0.2, 0.25) is 0 Å². The minimum atomic E-state index is -0.453. The second-order valence-electron chi connectivity index (χ2n) is 4.09. The van der Waals surface area contributed by atoms with Gasteiger partial charge in [-0.2, -0.15) is 4.99 Å². The van der Waals surface area contributed by atoms with Crippen molar-refractivity contribution in [3.05, 3.63) is 22.2 Å². The van der Waals surface area contributed by atoms with Crippen molar-refractivity contribution in [3.8, 4) is 11.5 Å². The molecule has 2 aliphatic rings. The second-order valence-corrected chi connectivity index (χ2v) is 4.94. The molecule has 3 rings (SSSR count). The van der Waals surface area contributed by atoms with Crippen molar-refractivity contribution < 1.29 is 14.3 Å². The molecule has 21 heavy (non-hydrogen) atoms. The summed E-state index contributed by atoms with van der Waals surface area (Å²) in [7, 11) is 3.10. The van der Waals surface area contributed by atoms with Crippen LogP contribution in [-0.2, 0) is 4.79 Å². The van der Waals surface area contributed by atoms with Gasteiger partial charge in [-0.1, -0.05) is 0 Å². The molecule has 1 aromatic rings. The molecule has 0 bridgehead atoms. The predicted molar refractivity (Wildman–Crippen MR) is 82.2 cm³/mol. The van der Waals surface area contributed by atoms with Gasteiger partial charge in [0.15, 0.2) is 17.4 Å². The average Bonchev–Trinajstić information content (AvgIpc) is 2.92. The molecule has 1 aromatic carbocycles. The largest absolute Gasteiger partial charge is 0.496 e. The SMILES string of the molecule is COc1cc(OC)c(C2=NC3=NC=NC(=O)C3=N2)cc1Br. The van der Waals surface area contributed by atoms with Crippen LogP contribution in [0.5, 0.6) is 11.5 Å². The Hall–Kier alpha value is -2.35. The van der Waals surface area contributed by atoms with Crippen LogP contribution in [0.4, 0.5) is 0 Å². The topological polar surface area (TPSA) is 85.0 Å². The average molecular weight is 349 g/mol. The van der Waals surface area contributed by atoms with Crippen molar-refractivity contribution in [2.45, 2.75) is 0 Å². The maximum atomic E-state index is 11.6. The summed E-state index contributed by atoms with van der Waals surface area (Å²) in [5, 5.41) is 0. The standard InChI is InChI=1S/C13H9BrN4O3/c1-20-8-4-9(21-2)7(14)3-6(8)11-17-10-12(18-11)15-5-16-13(10)19/h3-5H,1-2H3. The van der Waals surface area contributed by atoms with Gasteiger partial charge in [0.2, 0.25) is 0 Å². The van der Waals surface area contributed by atoms with Crippen LogP contribution >= 0.6 is 15.9 Å². The Morgan fingerprint density at radius 3 is 2.48 bits per heavy atom. The van der Waals surface area contributed by atoms with Crippen LogP contribution in [0, 0.1) is 0 Å². The number of methoxy groups -OCH3 is 2. The fourth-order valence-electron chi connectivity index (χ4n) is 1.92. The quantitative estimate of drug-likeness (QED) is 0.831. The van der Waals surface area contributed by atoms with Crippen LogP contribution in [-0.4, -0.2) is 43.8 Å². The van der Waals surface area contributed by atoms with Crippen LogP contribution in [0.15, 0.2) is 36.6 Å². The number of carbonyl (C=O) groups is 1. The third-order valence-electron chi connectivity index (χ3n) is 2.91. The Morgan fingerprint density at radius 1 is 1.05 bits per heavy atom. The molecule has 0 radical (unpaired) electrons. The minimum absolute atomic E-state index is 0.140. The molecule has 106 valence electrons.